The number of benzene rings is 1. The number of nitrogens with zero attached hydrogens (tertiary/aromatic N) is 4. The van der Waals surface area contributed by atoms with Gasteiger partial charge in [0.1, 0.15) is 5.76 Å². The van der Waals surface area contributed by atoms with Crippen LogP contribution in [0.4, 0.5) is 0 Å². The fraction of sp³-hybridized carbons (Fsp3) is 0.350. The number of aryl methyl sites for hydroxylation is 2. The van der Waals surface area contributed by atoms with E-state index in [-0.39, 0.29) is 5.91 Å². The van der Waals surface area contributed by atoms with Crippen LogP contribution in [0.5, 0.6) is 0 Å². The maximum atomic E-state index is 12.7. The van der Waals surface area contributed by atoms with Crippen molar-refractivity contribution in [3.8, 4) is 11.3 Å². The van der Waals surface area contributed by atoms with Gasteiger partial charge in [0.05, 0.1) is 5.69 Å². The molecule has 1 aliphatic heterocycles. The van der Waals surface area contributed by atoms with Crippen LogP contribution in [0, 0.1) is 0 Å². The minimum atomic E-state index is 0.129. The molecule has 1 aliphatic rings. The van der Waals surface area contributed by atoms with Crippen LogP contribution < -0.4 is 0 Å². The first-order chi connectivity index (χ1) is 13.1. The third kappa shape index (κ3) is 3.76. The summed E-state index contributed by atoms with van der Waals surface area (Å²) < 4.78 is 7.04. The Morgan fingerprint density at radius 1 is 1.22 bits per heavy atom. The van der Waals surface area contributed by atoms with Crippen molar-refractivity contribution in [3.63, 3.8) is 0 Å². The molecule has 3 heterocycles. The van der Waals surface area contributed by atoms with Crippen LogP contribution in [0.15, 0.2) is 40.9 Å². The van der Waals surface area contributed by atoms with Crippen molar-refractivity contribution in [1.82, 2.24) is 19.8 Å². The zero-order valence-corrected chi connectivity index (χ0v) is 15.9. The Hall–Kier alpha value is -2.60. The molecule has 0 aliphatic carbocycles. The van der Waals surface area contributed by atoms with Gasteiger partial charge in [-0.1, -0.05) is 47.1 Å². The van der Waals surface area contributed by atoms with Gasteiger partial charge in [-0.15, -0.1) is 0 Å². The molecule has 0 saturated carbocycles. The number of carbonyl (C=O) groups is 1. The van der Waals surface area contributed by atoms with Gasteiger partial charge in [-0.2, -0.15) is 5.10 Å². The topological polar surface area (TPSA) is 64.2 Å². The number of fused-ring (bicyclic) bond motifs is 1. The summed E-state index contributed by atoms with van der Waals surface area (Å²) in [6.45, 7) is 1.41. The van der Waals surface area contributed by atoms with Gasteiger partial charge in [0.15, 0.2) is 5.15 Å². The fourth-order valence-electron chi connectivity index (χ4n) is 3.65. The van der Waals surface area contributed by atoms with Gasteiger partial charge in [0, 0.05) is 62.3 Å². The summed E-state index contributed by atoms with van der Waals surface area (Å²) in [5, 5.41) is 8.70. The molecule has 2 aromatic heterocycles. The Morgan fingerprint density at radius 3 is 2.74 bits per heavy atom. The number of rotatable bonds is 4. The maximum Gasteiger partial charge on any atom is 0.223 e. The molecule has 6 nitrogen and oxygen atoms in total. The molecule has 0 unspecified atom stereocenters. The number of amides is 1. The highest BCUT2D eigenvalue weighted by Crippen LogP contribution is 2.28. The summed E-state index contributed by atoms with van der Waals surface area (Å²) in [7, 11) is 1.98. The van der Waals surface area contributed by atoms with E-state index in [4.69, 9.17) is 21.2 Å². The van der Waals surface area contributed by atoms with Gasteiger partial charge < -0.3 is 9.42 Å². The van der Waals surface area contributed by atoms with E-state index in [0.717, 1.165) is 24.1 Å². The minimum absolute atomic E-state index is 0.129. The average molecular weight is 385 g/mol. The van der Waals surface area contributed by atoms with Crippen LogP contribution in [-0.2, 0) is 31.1 Å². The van der Waals surface area contributed by atoms with E-state index in [0.29, 0.717) is 36.8 Å². The molecular weight excluding hydrogens is 364 g/mol. The van der Waals surface area contributed by atoms with Crippen LogP contribution in [0.2, 0.25) is 5.15 Å². The Morgan fingerprint density at radius 2 is 2.00 bits per heavy atom. The zero-order valence-electron chi connectivity index (χ0n) is 15.2. The number of hydrogen-bond acceptors (Lipinski definition) is 4. The van der Waals surface area contributed by atoms with Gasteiger partial charge >= 0.3 is 0 Å². The largest absolute Gasteiger partial charge is 0.360 e. The Labute approximate surface area is 162 Å². The van der Waals surface area contributed by atoms with E-state index in [1.807, 2.05) is 34.8 Å². The molecular formula is C20H21ClN4O2. The van der Waals surface area contributed by atoms with Crippen molar-refractivity contribution in [2.75, 3.05) is 13.1 Å². The predicted molar refractivity (Wildman–Crippen MR) is 102 cm³/mol. The van der Waals surface area contributed by atoms with E-state index in [2.05, 4.69) is 17.3 Å². The SMILES string of the molecule is Cn1nc(-c2ccccc2)c2c1CCN(C(=O)CCc1cc(Cl)no1)CC2. The summed E-state index contributed by atoms with van der Waals surface area (Å²) in [6, 6.07) is 11.9. The van der Waals surface area contributed by atoms with E-state index in [1.165, 1.54) is 11.3 Å². The smallest absolute Gasteiger partial charge is 0.223 e. The molecule has 0 N–H and O–H groups in total. The molecule has 0 atom stereocenters. The fourth-order valence-corrected chi connectivity index (χ4v) is 3.80. The van der Waals surface area contributed by atoms with Gasteiger partial charge in [-0.25, -0.2) is 0 Å². The molecule has 1 amide bonds. The molecule has 0 bridgehead atoms. The quantitative estimate of drug-likeness (QED) is 0.692. The van der Waals surface area contributed by atoms with Crippen LogP contribution in [0.1, 0.15) is 23.4 Å². The Kier molecular flexibility index (Phi) is 4.99. The third-order valence-corrected chi connectivity index (χ3v) is 5.22. The summed E-state index contributed by atoms with van der Waals surface area (Å²) in [6.07, 6.45) is 2.53. The average Bonchev–Trinajstić information content (AvgIpc) is 3.15. The van der Waals surface area contributed by atoms with Crippen molar-refractivity contribution >= 4 is 17.5 Å². The van der Waals surface area contributed by atoms with Crippen molar-refractivity contribution in [2.45, 2.75) is 25.7 Å². The van der Waals surface area contributed by atoms with Crippen molar-refractivity contribution < 1.29 is 9.32 Å². The summed E-state index contributed by atoms with van der Waals surface area (Å²) in [5.41, 5.74) is 4.61. The van der Waals surface area contributed by atoms with Crippen molar-refractivity contribution in [1.29, 1.82) is 0 Å². The molecule has 27 heavy (non-hydrogen) atoms. The number of hydrogen-bond donors (Lipinski definition) is 0. The van der Waals surface area contributed by atoms with E-state index in [9.17, 15) is 4.79 Å². The molecule has 0 saturated heterocycles. The first kappa shape index (κ1) is 17.8. The number of halogens is 1. The lowest BCUT2D eigenvalue weighted by atomic mass is 10.0. The highest BCUT2D eigenvalue weighted by Gasteiger charge is 2.24. The van der Waals surface area contributed by atoms with Gasteiger partial charge in [-0.05, 0) is 6.42 Å². The number of aromatic nitrogens is 3. The summed E-state index contributed by atoms with van der Waals surface area (Å²) >= 11 is 5.76. The number of carbonyl (C=O) groups excluding carboxylic acids is 1. The molecule has 140 valence electrons. The predicted octanol–water partition coefficient (Wildman–Crippen LogP) is 3.29. The molecule has 0 fully saturated rings. The summed E-state index contributed by atoms with van der Waals surface area (Å²) in [4.78, 5) is 14.6. The van der Waals surface area contributed by atoms with Gasteiger partial charge in [-0.3, -0.25) is 9.48 Å². The summed E-state index contributed by atoms with van der Waals surface area (Å²) in [5.74, 6) is 0.770. The van der Waals surface area contributed by atoms with Crippen LogP contribution in [0.25, 0.3) is 11.3 Å². The highest BCUT2D eigenvalue weighted by molar-refractivity contribution is 6.29. The van der Waals surface area contributed by atoms with Crippen molar-refractivity contribution in [3.05, 3.63) is 58.6 Å². The van der Waals surface area contributed by atoms with E-state index < -0.39 is 0 Å². The second kappa shape index (κ2) is 7.56. The lowest BCUT2D eigenvalue weighted by molar-refractivity contribution is -0.131. The van der Waals surface area contributed by atoms with Crippen LogP contribution >= 0.6 is 11.6 Å². The van der Waals surface area contributed by atoms with E-state index in [1.54, 1.807) is 6.07 Å². The molecule has 4 rings (SSSR count). The zero-order chi connectivity index (χ0) is 18.8. The van der Waals surface area contributed by atoms with Crippen LogP contribution in [-0.4, -0.2) is 38.8 Å². The lowest BCUT2D eigenvalue weighted by Crippen LogP contribution is -2.33. The Balaban J connectivity index is 1.46. The molecule has 1 aromatic carbocycles. The van der Waals surface area contributed by atoms with E-state index >= 15 is 0 Å². The second-order valence-electron chi connectivity index (χ2n) is 6.76. The molecule has 3 aromatic rings. The standard InChI is InChI=1S/C20H21ClN4O2/c1-24-17-10-12-25(19(26)8-7-15-13-18(21)23-27-15)11-9-16(17)20(22-24)14-5-3-2-4-6-14/h2-6,13H,7-12H2,1H3. The molecule has 7 heteroatoms. The van der Waals surface area contributed by atoms with Gasteiger partial charge in [0.2, 0.25) is 5.91 Å². The second-order valence-corrected chi connectivity index (χ2v) is 7.15. The van der Waals surface area contributed by atoms with Crippen molar-refractivity contribution in [2.24, 2.45) is 7.05 Å². The first-order valence-corrected chi connectivity index (χ1v) is 9.48. The minimum Gasteiger partial charge on any atom is -0.360 e. The third-order valence-electron chi connectivity index (χ3n) is 5.04. The maximum absolute atomic E-state index is 12.7. The highest BCUT2D eigenvalue weighted by atomic mass is 35.5. The normalized spacial score (nSPS) is 14.1. The van der Waals surface area contributed by atoms with Gasteiger partial charge in [0.25, 0.3) is 0 Å². The molecule has 0 spiro atoms. The lowest BCUT2D eigenvalue weighted by Gasteiger charge is -2.20. The molecule has 0 radical (unpaired) electrons. The first-order valence-electron chi connectivity index (χ1n) is 9.11. The Bertz CT molecular complexity index is 948. The monoisotopic (exact) mass is 384 g/mol. The van der Waals surface area contributed by atoms with Crippen LogP contribution in [0.3, 0.4) is 0 Å².